The fraction of sp³-hybridized carbons (Fsp3) is 0.462. The number of nitrogens with one attached hydrogen (secondary N) is 1. The van der Waals surface area contributed by atoms with E-state index in [1.54, 1.807) is 0 Å². The monoisotopic (exact) mass is 199 g/mol. The molecule has 0 bridgehead atoms. The number of nitriles is 1. The van der Waals surface area contributed by atoms with Gasteiger partial charge in [-0.05, 0) is 0 Å². The number of hydrogen-bond donors (Lipinski definition) is 1. The van der Waals surface area contributed by atoms with Crippen LogP contribution in [0.25, 0.3) is 0 Å². The molecule has 3 rings (SSSR count). The fourth-order valence-corrected chi connectivity index (χ4v) is 2.99. The Labute approximate surface area is 90.1 Å². The van der Waals surface area contributed by atoms with Gasteiger partial charge in [-0.1, -0.05) is 30.3 Å². The van der Waals surface area contributed by atoms with Crippen molar-refractivity contribution in [3.63, 3.8) is 0 Å². The number of piperidine rings is 1. The van der Waals surface area contributed by atoms with Gasteiger partial charge in [-0.2, -0.15) is 5.26 Å². The second kappa shape index (κ2) is 3.08. The largest absolute Gasteiger partial charge is 0.314 e. The van der Waals surface area contributed by atoms with Crippen LogP contribution in [0.2, 0.25) is 0 Å². The van der Waals surface area contributed by atoms with Crippen LogP contribution in [0.4, 0.5) is 0 Å². The van der Waals surface area contributed by atoms with E-state index in [1.807, 2.05) is 6.07 Å². The van der Waals surface area contributed by atoms with E-state index in [0.29, 0.717) is 5.92 Å². The Bertz CT molecular complexity index is 406. The van der Waals surface area contributed by atoms with Crippen molar-refractivity contribution in [1.29, 1.82) is 5.26 Å². The van der Waals surface area contributed by atoms with Gasteiger partial charge >= 0.3 is 0 Å². The molecule has 3 atom stereocenters. The number of hydrogen-bond acceptors (Lipinski definition) is 1. The summed E-state index contributed by atoms with van der Waals surface area (Å²) in [7, 11) is 0. The highest BCUT2D eigenvalue weighted by Gasteiger charge is 2.67. The highest BCUT2D eigenvalue weighted by Crippen LogP contribution is 2.45. The van der Waals surface area contributed by atoms with E-state index in [0.717, 1.165) is 13.0 Å². The van der Waals surface area contributed by atoms with Gasteiger partial charge in [0.2, 0.25) is 0 Å². The maximum atomic E-state index is 9.24. The number of fused-ring (bicyclic) bond motifs is 1. The summed E-state index contributed by atoms with van der Waals surface area (Å²) in [5.74, 6) is 0.696. The lowest BCUT2D eigenvalue weighted by Gasteiger charge is -2.19. The van der Waals surface area contributed by atoms with Crippen molar-refractivity contribution in [3.05, 3.63) is 35.9 Å². The van der Waals surface area contributed by atoms with Gasteiger partial charge in [0.15, 0.2) is 5.54 Å². The lowest BCUT2D eigenvalue weighted by atomic mass is 10.2. The molecule has 1 aliphatic heterocycles. The smallest absolute Gasteiger partial charge is 0.188 e. The Morgan fingerprint density at radius 2 is 2.20 bits per heavy atom. The van der Waals surface area contributed by atoms with E-state index in [1.165, 1.54) is 23.4 Å². The van der Waals surface area contributed by atoms with E-state index in [4.69, 9.17) is 0 Å². The van der Waals surface area contributed by atoms with Crippen molar-refractivity contribution in [2.75, 3.05) is 6.54 Å². The van der Waals surface area contributed by atoms with E-state index in [-0.39, 0.29) is 5.54 Å². The molecule has 1 aliphatic carbocycles. The molecule has 0 radical (unpaired) electrons. The van der Waals surface area contributed by atoms with Gasteiger partial charge in [0.25, 0.3) is 0 Å². The molecule has 1 saturated carbocycles. The zero-order chi connectivity index (χ0) is 10.3. The third-order valence-corrected chi connectivity index (χ3v) is 3.99. The summed E-state index contributed by atoms with van der Waals surface area (Å²) in [5, 5.41) is 9.24. The molecule has 1 heterocycles. The van der Waals surface area contributed by atoms with Crippen molar-refractivity contribution in [3.8, 4) is 6.07 Å². The van der Waals surface area contributed by atoms with Crippen molar-refractivity contribution in [2.24, 2.45) is 5.92 Å². The number of rotatable bonds is 2. The molecule has 0 amide bonds. The third-order valence-electron chi connectivity index (χ3n) is 3.99. The Morgan fingerprint density at radius 3 is 2.87 bits per heavy atom. The maximum Gasteiger partial charge on any atom is 0.188 e. The second-order valence-corrected chi connectivity index (χ2v) is 4.79. The molecule has 0 spiro atoms. The summed E-state index contributed by atoms with van der Waals surface area (Å²) in [6.07, 6.45) is 2.38. The maximum absolute atomic E-state index is 9.24. The molecule has 1 unspecified atom stereocenters. The Kier molecular flexibility index (Phi) is 1.83. The van der Waals surface area contributed by atoms with Gasteiger partial charge in [-0.3, -0.25) is 0 Å². The molecule has 1 aromatic rings. The fourth-order valence-electron chi connectivity index (χ4n) is 2.99. The highest BCUT2D eigenvalue weighted by molar-refractivity contribution is 5.21. The number of likely N-dealkylation sites (tertiary alicyclic amines) is 1. The average molecular weight is 199 g/mol. The Balaban J connectivity index is 1.78. The van der Waals surface area contributed by atoms with Gasteiger partial charge < -0.3 is 4.90 Å². The topological polar surface area (TPSA) is 28.2 Å². The van der Waals surface area contributed by atoms with Crippen LogP contribution >= 0.6 is 0 Å². The van der Waals surface area contributed by atoms with E-state index >= 15 is 0 Å². The van der Waals surface area contributed by atoms with Crippen LogP contribution in [0.1, 0.15) is 18.4 Å². The molecule has 15 heavy (non-hydrogen) atoms. The van der Waals surface area contributed by atoms with Crippen molar-refractivity contribution in [2.45, 2.75) is 24.9 Å². The molecule has 1 aromatic carbocycles. The van der Waals surface area contributed by atoms with Crippen LogP contribution in [-0.4, -0.2) is 12.1 Å². The summed E-state index contributed by atoms with van der Waals surface area (Å²) < 4.78 is 0. The zero-order valence-corrected chi connectivity index (χ0v) is 8.74. The highest BCUT2D eigenvalue weighted by atomic mass is 15.3. The number of quaternary nitrogens is 1. The molecule has 2 aliphatic rings. The predicted octanol–water partition coefficient (Wildman–Crippen LogP) is 0.757. The van der Waals surface area contributed by atoms with Crippen LogP contribution in [0.15, 0.2) is 30.3 Å². The first-order chi connectivity index (χ1) is 7.35. The minimum atomic E-state index is -0.00413. The van der Waals surface area contributed by atoms with Crippen LogP contribution < -0.4 is 4.90 Å². The van der Waals surface area contributed by atoms with E-state index < -0.39 is 0 Å². The summed E-state index contributed by atoms with van der Waals surface area (Å²) >= 11 is 0. The Morgan fingerprint density at radius 1 is 1.40 bits per heavy atom. The van der Waals surface area contributed by atoms with E-state index in [2.05, 4.69) is 30.3 Å². The SMILES string of the molecule is N#C[C@]12C[C@H]1CC[NH+]2Cc1ccccc1. The molecular formula is C13H15N2+. The van der Waals surface area contributed by atoms with Crippen LogP contribution in [0, 0.1) is 17.2 Å². The number of nitrogens with zero attached hydrogens (tertiary/aromatic N) is 1. The predicted molar refractivity (Wildman–Crippen MR) is 57.0 cm³/mol. The van der Waals surface area contributed by atoms with Gasteiger partial charge in [0.1, 0.15) is 12.6 Å². The molecule has 2 nitrogen and oxygen atoms in total. The van der Waals surface area contributed by atoms with Crippen molar-refractivity contribution < 1.29 is 4.90 Å². The molecule has 1 N–H and O–H groups in total. The van der Waals surface area contributed by atoms with Gasteiger partial charge in [0.05, 0.1) is 6.54 Å². The quantitative estimate of drug-likeness (QED) is 0.748. The molecule has 1 saturated heterocycles. The summed E-state index contributed by atoms with van der Waals surface area (Å²) in [5.41, 5.74) is 1.35. The zero-order valence-electron chi connectivity index (χ0n) is 8.74. The first kappa shape index (κ1) is 8.94. The first-order valence-electron chi connectivity index (χ1n) is 5.65. The standard InChI is InChI=1S/C13H14N2/c14-10-13-8-12(13)6-7-15(13)9-11-4-2-1-3-5-11/h1-5,12H,6-9H2/p+1/t12-,13-/m1/s1. The third kappa shape index (κ3) is 1.27. The summed E-state index contributed by atoms with van der Waals surface area (Å²) in [6.45, 7) is 2.19. The van der Waals surface area contributed by atoms with Crippen LogP contribution in [0.3, 0.4) is 0 Å². The average Bonchev–Trinajstić information content (AvgIpc) is 2.92. The molecule has 76 valence electrons. The van der Waals surface area contributed by atoms with Gasteiger partial charge in [0, 0.05) is 24.3 Å². The molecule has 2 heteroatoms. The molecule has 2 fully saturated rings. The van der Waals surface area contributed by atoms with Crippen LogP contribution in [-0.2, 0) is 6.54 Å². The summed E-state index contributed by atoms with van der Waals surface area (Å²) in [4.78, 5) is 1.49. The Hall–Kier alpha value is -1.33. The van der Waals surface area contributed by atoms with E-state index in [9.17, 15) is 5.26 Å². The van der Waals surface area contributed by atoms with Gasteiger partial charge in [-0.25, -0.2) is 0 Å². The van der Waals surface area contributed by atoms with Crippen LogP contribution in [0.5, 0.6) is 0 Å². The van der Waals surface area contributed by atoms with Crippen molar-refractivity contribution in [1.82, 2.24) is 0 Å². The minimum absolute atomic E-state index is 0.00413. The lowest BCUT2D eigenvalue weighted by Crippen LogP contribution is -3.14. The normalized spacial score (nSPS) is 37.0. The molecular weight excluding hydrogens is 184 g/mol. The molecule has 0 aromatic heterocycles. The lowest BCUT2D eigenvalue weighted by molar-refractivity contribution is -0.932. The van der Waals surface area contributed by atoms with Crippen molar-refractivity contribution >= 4 is 0 Å². The minimum Gasteiger partial charge on any atom is -0.314 e. The van der Waals surface area contributed by atoms with Gasteiger partial charge in [-0.15, -0.1) is 0 Å². The second-order valence-electron chi connectivity index (χ2n) is 4.79. The summed E-state index contributed by atoms with van der Waals surface area (Å²) in [6, 6.07) is 13.1. The number of benzene rings is 1. The first-order valence-corrected chi connectivity index (χ1v) is 5.65.